The van der Waals surface area contributed by atoms with Crippen LogP contribution in [0, 0.1) is 0 Å². The van der Waals surface area contributed by atoms with Crippen LogP contribution < -0.4 is 0 Å². The average molecular weight is 167 g/mol. The molecule has 0 aromatic heterocycles. The van der Waals surface area contributed by atoms with Crippen molar-refractivity contribution in [1.82, 2.24) is 0 Å². The molecule has 0 aromatic rings. The highest BCUT2D eigenvalue weighted by Crippen LogP contribution is 2.47. The van der Waals surface area contributed by atoms with Gasteiger partial charge in [0.15, 0.2) is 0 Å². The molecular formula is C4H7BrS. The smallest absolute Gasteiger partial charge is 0.0357 e. The summed E-state index contributed by atoms with van der Waals surface area (Å²) in [4.78, 5) is 0. The maximum atomic E-state index is 4.21. The van der Waals surface area contributed by atoms with Gasteiger partial charge >= 0.3 is 0 Å². The molecule has 0 bridgehead atoms. The summed E-state index contributed by atoms with van der Waals surface area (Å²) >= 11 is 7.69. The SMILES string of the molecule is CC1(Br)CC1S. The largest absolute Gasteiger partial charge is 0.174 e. The van der Waals surface area contributed by atoms with Crippen LogP contribution in [0.2, 0.25) is 0 Å². The highest BCUT2D eigenvalue weighted by molar-refractivity contribution is 9.10. The molecule has 36 valence electrons. The minimum Gasteiger partial charge on any atom is -0.174 e. The number of hydrogen-bond donors (Lipinski definition) is 1. The summed E-state index contributed by atoms with van der Waals surface area (Å²) in [6.07, 6.45) is 1.22. The summed E-state index contributed by atoms with van der Waals surface area (Å²) in [6, 6.07) is 0. The Bertz CT molecular complexity index is 69.9. The van der Waals surface area contributed by atoms with E-state index >= 15 is 0 Å². The lowest BCUT2D eigenvalue weighted by Crippen LogP contribution is -1.88. The van der Waals surface area contributed by atoms with Crippen molar-refractivity contribution >= 4 is 28.6 Å². The maximum Gasteiger partial charge on any atom is 0.0357 e. The van der Waals surface area contributed by atoms with Crippen molar-refractivity contribution in [2.45, 2.75) is 22.9 Å². The molecular weight excluding hydrogens is 160 g/mol. The second kappa shape index (κ2) is 1.16. The van der Waals surface area contributed by atoms with Crippen molar-refractivity contribution in [1.29, 1.82) is 0 Å². The third-order valence-electron chi connectivity index (χ3n) is 1.13. The van der Waals surface area contributed by atoms with Gasteiger partial charge < -0.3 is 0 Å². The fourth-order valence-electron chi connectivity index (χ4n) is 0.319. The van der Waals surface area contributed by atoms with Crippen molar-refractivity contribution in [3.63, 3.8) is 0 Å². The Hall–Kier alpha value is 0.830. The molecule has 0 aliphatic heterocycles. The average Bonchev–Trinajstić information content (AvgIpc) is 1.73. The second-order valence-corrected chi connectivity index (χ2v) is 4.43. The Kier molecular flexibility index (Phi) is 0.962. The summed E-state index contributed by atoms with van der Waals surface area (Å²) < 4.78 is 0.385. The summed E-state index contributed by atoms with van der Waals surface area (Å²) in [6.45, 7) is 2.16. The topological polar surface area (TPSA) is 0 Å². The Morgan fingerprint density at radius 1 is 2.00 bits per heavy atom. The van der Waals surface area contributed by atoms with Gasteiger partial charge in [-0.25, -0.2) is 0 Å². The van der Waals surface area contributed by atoms with Crippen LogP contribution in [0.5, 0.6) is 0 Å². The lowest BCUT2D eigenvalue weighted by atomic mass is 10.5. The minimum atomic E-state index is 0.385. The van der Waals surface area contributed by atoms with Gasteiger partial charge in [0.05, 0.1) is 0 Å². The first-order chi connectivity index (χ1) is 2.63. The van der Waals surface area contributed by atoms with E-state index in [1.165, 1.54) is 6.42 Å². The number of halogens is 1. The van der Waals surface area contributed by atoms with Crippen molar-refractivity contribution in [3.8, 4) is 0 Å². The van der Waals surface area contributed by atoms with Crippen LogP contribution in [0.3, 0.4) is 0 Å². The molecule has 1 saturated carbocycles. The highest BCUT2D eigenvalue weighted by Gasteiger charge is 2.45. The van der Waals surface area contributed by atoms with Crippen molar-refractivity contribution in [3.05, 3.63) is 0 Å². The molecule has 0 heterocycles. The molecule has 0 N–H and O–H groups in total. The molecule has 0 saturated heterocycles. The van der Waals surface area contributed by atoms with E-state index in [4.69, 9.17) is 0 Å². The molecule has 6 heavy (non-hydrogen) atoms. The molecule has 1 fully saturated rings. The molecule has 1 rings (SSSR count). The zero-order chi connectivity index (χ0) is 4.78. The second-order valence-electron chi connectivity index (χ2n) is 2.00. The first kappa shape index (κ1) is 4.98. The Morgan fingerprint density at radius 2 is 2.17 bits per heavy atom. The van der Waals surface area contributed by atoms with Crippen LogP contribution in [0.1, 0.15) is 13.3 Å². The molecule has 0 amide bonds. The number of alkyl halides is 1. The van der Waals surface area contributed by atoms with Gasteiger partial charge in [0.2, 0.25) is 0 Å². The Balaban J connectivity index is 2.41. The van der Waals surface area contributed by atoms with E-state index in [1.54, 1.807) is 0 Å². The van der Waals surface area contributed by atoms with Gasteiger partial charge in [0, 0.05) is 9.57 Å². The highest BCUT2D eigenvalue weighted by atomic mass is 79.9. The summed E-state index contributed by atoms with van der Waals surface area (Å²) in [7, 11) is 0. The van der Waals surface area contributed by atoms with Gasteiger partial charge in [-0.15, -0.1) is 0 Å². The van der Waals surface area contributed by atoms with Crippen LogP contribution in [-0.4, -0.2) is 9.57 Å². The van der Waals surface area contributed by atoms with E-state index in [0.29, 0.717) is 9.57 Å². The first-order valence-corrected chi connectivity index (χ1v) is 3.31. The van der Waals surface area contributed by atoms with Gasteiger partial charge in [-0.3, -0.25) is 0 Å². The van der Waals surface area contributed by atoms with Crippen LogP contribution in [0.4, 0.5) is 0 Å². The van der Waals surface area contributed by atoms with Crippen LogP contribution >= 0.6 is 28.6 Å². The van der Waals surface area contributed by atoms with Crippen LogP contribution in [-0.2, 0) is 0 Å². The van der Waals surface area contributed by atoms with Gasteiger partial charge in [-0.2, -0.15) is 12.6 Å². The van der Waals surface area contributed by atoms with Gasteiger partial charge in [0.1, 0.15) is 0 Å². The third kappa shape index (κ3) is 0.733. The molecule has 2 atom stereocenters. The van der Waals surface area contributed by atoms with E-state index < -0.39 is 0 Å². The molecule has 0 spiro atoms. The summed E-state index contributed by atoms with van der Waals surface area (Å²) in [5.74, 6) is 0. The molecule has 1 aliphatic rings. The Labute approximate surface area is 51.9 Å². The van der Waals surface area contributed by atoms with E-state index in [9.17, 15) is 0 Å². The zero-order valence-electron chi connectivity index (χ0n) is 3.61. The van der Waals surface area contributed by atoms with Crippen molar-refractivity contribution in [2.75, 3.05) is 0 Å². The summed E-state index contributed by atoms with van der Waals surface area (Å²) in [5, 5.41) is 0.609. The fourth-order valence-corrected chi connectivity index (χ4v) is 1.27. The van der Waals surface area contributed by atoms with Gasteiger partial charge in [-0.05, 0) is 13.3 Å². The van der Waals surface area contributed by atoms with Gasteiger partial charge in [-0.1, -0.05) is 15.9 Å². The predicted molar refractivity (Wildman–Crippen MR) is 34.7 cm³/mol. The lowest BCUT2D eigenvalue weighted by molar-refractivity contribution is 1.08. The number of rotatable bonds is 0. The van der Waals surface area contributed by atoms with E-state index in [-0.39, 0.29) is 0 Å². The molecule has 0 aromatic carbocycles. The first-order valence-electron chi connectivity index (χ1n) is 2.00. The zero-order valence-corrected chi connectivity index (χ0v) is 6.09. The van der Waals surface area contributed by atoms with E-state index in [1.807, 2.05) is 0 Å². The maximum absolute atomic E-state index is 4.21. The Morgan fingerprint density at radius 3 is 2.17 bits per heavy atom. The number of thiol groups is 1. The summed E-state index contributed by atoms with van der Waals surface area (Å²) in [5.41, 5.74) is 0. The van der Waals surface area contributed by atoms with Crippen molar-refractivity contribution in [2.24, 2.45) is 0 Å². The molecule has 1 aliphatic carbocycles. The normalized spacial score (nSPS) is 55.5. The number of hydrogen-bond acceptors (Lipinski definition) is 1. The molecule has 0 radical (unpaired) electrons. The molecule has 2 heteroatoms. The minimum absolute atomic E-state index is 0.385. The monoisotopic (exact) mass is 166 g/mol. The molecule has 0 nitrogen and oxygen atoms in total. The van der Waals surface area contributed by atoms with E-state index in [2.05, 4.69) is 35.5 Å². The quantitative estimate of drug-likeness (QED) is 0.413. The van der Waals surface area contributed by atoms with Gasteiger partial charge in [0.25, 0.3) is 0 Å². The van der Waals surface area contributed by atoms with Crippen LogP contribution in [0.25, 0.3) is 0 Å². The lowest BCUT2D eigenvalue weighted by Gasteiger charge is -1.88. The van der Waals surface area contributed by atoms with E-state index in [0.717, 1.165) is 0 Å². The molecule has 2 unspecified atom stereocenters. The van der Waals surface area contributed by atoms with Crippen LogP contribution in [0.15, 0.2) is 0 Å². The standard InChI is InChI=1S/C4H7BrS/c1-4(5)2-3(4)6/h3,6H,2H2,1H3. The van der Waals surface area contributed by atoms with Crippen molar-refractivity contribution < 1.29 is 0 Å². The third-order valence-corrected chi connectivity index (χ3v) is 3.11. The fraction of sp³-hybridized carbons (Fsp3) is 1.00. The predicted octanol–water partition coefficient (Wildman–Crippen LogP) is 1.84.